The van der Waals surface area contributed by atoms with Crippen LogP contribution in [-0.2, 0) is 9.53 Å². The Morgan fingerprint density at radius 2 is 0.885 bits per heavy atom. The van der Waals surface area contributed by atoms with Crippen LogP contribution in [0.1, 0.15) is 136 Å². The van der Waals surface area contributed by atoms with Crippen LogP contribution in [0.25, 0.3) is 0 Å². The largest absolute Gasteiger partial charge is 0.466 e. The number of hydrogen-bond acceptors (Lipinski definition) is 2. The standard InChI is InChI=1S/C23H46O2.Na/c1-3-5-7-9-11-12-13-14-16-18-20-22-25-23(24)21-19-17-15-10-8-6-4-2;/h3-22H2,1-2H3;. The summed E-state index contributed by atoms with van der Waals surface area (Å²) in [4.78, 5) is 11.6. The molecule has 0 saturated carbocycles. The van der Waals surface area contributed by atoms with Crippen molar-refractivity contribution in [1.82, 2.24) is 0 Å². The number of carbonyl (C=O) groups is 1. The number of ether oxygens (including phenoxy) is 1. The summed E-state index contributed by atoms with van der Waals surface area (Å²) in [6.07, 6.45) is 24.0. The fourth-order valence-corrected chi connectivity index (χ4v) is 3.25. The van der Waals surface area contributed by atoms with Crippen LogP contribution >= 0.6 is 0 Å². The van der Waals surface area contributed by atoms with Crippen molar-refractivity contribution in [2.24, 2.45) is 0 Å². The van der Waals surface area contributed by atoms with E-state index in [-0.39, 0.29) is 35.5 Å². The summed E-state index contributed by atoms with van der Waals surface area (Å²) in [7, 11) is 0. The molecule has 0 aliphatic rings. The molecular formula is C23H46NaO2. The molecule has 0 atom stereocenters. The van der Waals surface area contributed by atoms with Gasteiger partial charge < -0.3 is 4.74 Å². The molecule has 0 unspecified atom stereocenters. The van der Waals surface area contributed by atoms with Gasteiger partial charge in [0, 0.05) is 36.0 Å². The van der Waals surface area contributed by atoms with E-state index in [9.17, 15) is 4.79 Å². The third-order valence-corrected chi connectivity index (χ3v) is 5.00. The first-order chi connectivity index (χ1) is 12.3. The number of unbranched alkanes of at least 4 members (excludes halogenated alkanes) is 16. The van der Waals surface area contributed by atoms with E-state index >= 15 is 0 Å². The first kappa shape index (κ1) is 28.7. The van der Waals surface area contributed by atoms with Crippen molar-refractivity contribution in [3.05, 3.63) is 0 Å². The van der Waals surface area contributed by atoms with Gasteiger partial charge in [0.2, 0.25) is 0 Å². The summed E-state index contributed by atoms with van der Waals surface area (Å²) in [6, 6.07) is 0. The summed E-state index contributed by atoms with van der Waals surface area (Å²) in [5.74, 6) is 0.0145. The molecule has 26 heavy (non-hydrogen) atoms. The van der Waals surface area contributed by atoms with E-state index in [4.69, 9.17) is 4.74 Å². The first-order valence-electron chi connectivity index (χ1n) is 11.5. The SMILES string of the molecule is CCCCCCCCCCCCCOC(=O)CCCCCCCCC.[Na]. The van der Waals surface area contributed by atoms with E-state index in [1.807, 2.05) is 0 Å². The summed E-state index contributed by atoms with van der Waals surface area (Å²) in [5.41, 5.74) is 0. The number of hydrogen-bond donors (Lipinski definition) is 0. The Balaban J connectivity index is 0. The molecule has 0 aromatic rings. The number of rotatable bonds is 20. The Morgan fingerprint density at radius 3 is 1.31 bits per heavy atom. The predicted molar refractivity (Wildman–Crippen MR) is 116 cm³/mol. The molecule has 0 saturated heterocycles. The van der Waals surface area contributed by atoms with Gasteiger partial charge in [0.25, 0.3) is 0 Å². The van der Waals surface area contributed by atoms with Gasteiger partial charge in [-0.25, -0.2) is 0 Å². The molecule has 0 rings (SSSR count). The van der Waals surface area contributed by atoms with Crippen LogP contribution < -0.4 is 0 Å². The quantitative estimate of drug-likeness (QED) is 0.124. The van der Waals surface area contributed by atoms with Crippen molar-refractivity contribution in [1.29, 1.82) is 0 Å². The van der Waals surface area contributed by atoms with Gasteiger partial charge in [-0.2, -0.15) is 0 Å². The Kier molecular flexibility index (Phi) is 28.1. The van der Waals surface area contributed by atoms with E-state index in [0.717, 1.165) is 12.8 Å². The van der Waals surface area contributed by atoms with Crippen molar-refractivity contribution < 1.29 is 9.53 Å². The zero-order valence-corrected chi connectivity index (χ0v) is 20.5. The van der Waals surface area contributed by atoms with Gasteiger partial charge in [0.1, 0.15) is 0 Å². The van der Waals surface area contributed by atoms with Gasteiger partial charge >= 0.3 is 5.97 Å². The molecule has 0 fully saturated rings. The molecular weight excluding hydrogens is 331 g/mol. The normalized spacial score (nSPS) is 10.5. The maximum absolute atomic E-state index is 11.6. The zero-order chi connectivity index (χ0) is 18.4. The van der Waals surface area contributed by atoms with Gasteiger partial charge in [-0.3, -0.25) is 4.79 Å². The second-order valence-corrected chi connectivity index (χ2v) is 7.63. The average Bonchev–Trinajstić information content (AvgIpc) is 2.62. The molecule has 0 aliphatic heterocycles. The monoisotopic (exact) mass is 377 g/mol. The van der Waals surface area contributed by atoms with Crippen LogP contribution in [0.5, 0.6) is 0 Å². The van der Waals surface area contributed by atoms with E-state index < -0.39 is 0 Å². The predicted octanol–water partition coefficient (Wildman–Crippen LogP) is 7.60. The Labute approximate surface area is 186 Å². The van der Waals surface area contributed by atoms with Crippen molar-refractivity contribution in [3.63, 3.8) is 0 Å². The third-order valence-electron chi connectivity index (χ3n) is 5.00. The topological polar surface area (TPSA) is 26.3 Å². The van der Waals surface area contributed by atoms with Crippen LogP contribution in [0.3, 0.4) is 0 Å². The Hall–Kier alpha value is 0.470. The van der Waals surface area contributed by atoms with Crippen LogP contribution in [0.15, 0.2) is 0 Å². The molecule has 3 heteroatoms. The molecule has 0 N–H and O–H groups in total. The smallest absolute Gasteiger partial charge is 0.305 e. The average molecular weight is 378 g/mol. The van der Waals surface area contributed by atoms with Gasteiger partial charge in [-0.15, -0.1) is 0 Å². The molecule has 0 aliphatic carbocycles. The van der Waals surface area contributed by atoms with Crippen LogP contribution in [0, 0.1) is 0 Å². The summed E-state index contributed by atoms with van der Waals surface area (Å²) < 4.78 is 5.33. The molecule has 0 aromatic heterocycles. The summed E-state index contributed by atoms with van der Waals surface area (Å²) in [5, 5.41) is 0. The molecule has 0 aromatic carbocycles. The molecule has 0 amide bonds. The second kappa shape index (κ2) is 25.5. The maximum atomic E-state index is 11.6. The van der Waals surface area contributed by atoms with Crippen molar-refractivity contribution in [2.75, 3.05) is 6.61 Å². The number of carbonyl (C=O) groups excluding carboxylic acids is 1. The second-order valence-electron chi connectivity index (χ2n) is 7.63. The molecule has 0 spiro atoms. The molecule has 151 valence electrons. The van der Waals surface area contributed by atoms with E-state index in [2.05, 4.69) is 13.8 Å². The molecule has 1 radical (unpaired) electrons. The van der Waals surface area contributed by atoms with Crippen LogP contribution in [0.4, 0.5) is 0 Å². The minimum absolute atomic E-state index is 0. The molecule has 2 nitrogen and oxygen atoms in total. The van der Waals surface area contributed by atoms with Crippen molar-refractivity contribution in [2.45, 2.75) is 136 Å². The fourth-order valence-electron chi connectivity index (χ4n) is 3.25. The first-order valence-corrected chi connectivity index (χ1v) is 11.5. The molecule has 0 bridgehead atoms. The third kappa shape index (κ3) is 24.5. The van der Waals surface area contributed by atoms with Gasteiger partial charge in [-0.05, 0) is 12.8 Å². The minimum atomic E-state index is 0. The summed E-state index contributed by atoms with van der Waals surface area (Å²) >= 11 is 0. The van der Waals surface area contributed by atoms with E-state index in [1.54, 1.807) is 0 Å². The number of esters is 1. The fraction of sp³-hybridized carbons (Fsp3) is 0.957. The van der Waals surface area contributed by atoms with Crippen molar-refractivity contribution in [3.8, 4) is 0 Å². The van der Waals surface area contributed by atoms with Gasteiger partial charge in [-0.1, -0.05) is 117 Å². The Bertz CT molecular complexity index is 269. The van der Waals surface area contributed by atoms with Crippen LogP contribution in [0.2, 0.25) is 0 Å². The summed E-state index contributed by atoms with van der Waals surface area (Å²) in [6.45, 7) is 5.14. The van der Waals surface area contributed by atoms with E-state index in [0.29, 0.717) is 13.0 Å². The zero-order valence-electron chi connectivity index (χ0n) is 18.5. The Morgan fingerprint density at radius 1 is 0.538 bits per heavy atom. The molecule has 0 heterocycles. The minimum Gasteiger partial charge on any atom is -0.466 e. The van der Waals surface area contributed by atoms with Gasteiger partial charge in [0.15, 0.2) is 0 Å². The van der Waals surface area contributed by atoms with E-state index in [1.165, 1.54) is 103 Å². The van der Waals surface area contributed by atoms with Crippen molar-refractivity contribution >= 4 is 35.5 Å². The van der Waals surface area contributed by atoms with Crippen LogP contribution in [-0.4, -0.2) is 42.1 Å². The van der Waals surface area contributed by atoms with Gasteiger partial charge in [0.05, 0.1) is 6.61 Å². The maximum Gasteiger partial charge on any atom is 0.305 e.